The van der Waals surface area contributed by atoms with Crippen LogP contribution in [0.25, 0.3) is 0 Å². The summed E-state index contributed by atoms with van der Waals surface area (Å²) in [6.45, 7) is 5.59. The fourth-order valence-electron chi connectivity index (χ4n) is 3.43. The summed E-state index contributed by atoms with van der Waals surface area (Å²) in [6.07, 6.45) is 9.20. The van der Waals surface area contributed by atoms with Gasteiger partial charge in [0.25, 0.3) is 0 Å². The van der Waals surface area contributed by atoms with Gasteiger partial charge in [0.05, 0.1) is 36.8 Å². The molecule has 2 aromatic heterocycles. The number of aromatic nitrogens is 4. The maximum atomic E-state index is 5.87. The predicted molar refractivity (Wildman–Crippen MR) is 90.5 cm³/mol. The molecular weight excluding hydrogens is 304 g/mol. The topological polar surface area (TPSA) is 68.1 Å². The van der Waals surface area contributed by atoms with Crippen molar-refractivity contribution >= 4 is 5.82 Å². The molecule has 1 atom stereocenters. The van der Waals surface area contributed by atoms with Crippen LogP contribution in [0, 0.1) is 0 Å². The zero-order valence-electron chi connectivity index (χ0n) is 13.9. The second-order valence-electron chi connectivity index (χ2n) is 6.52. The lowest BCUT2D eigenvalue weighted by Gasteiger charge is -2.32. The Bertz CT molecular complexity index is 652. The third-order valence-electron chi connectivity index (χ3n) is 4.68. The molecule has 1 N–H and O–H groups in total. The number of nitrogens with one attached hydrogen (secondary N) is 1. The highest BCUT2D eigenvalue weighted by atomic mass is 16.5. The molecular formula is C17H24N6O. The standard InChI is InChI=1S/C17H24N6O/c1-2-8-24-16(3-1)13-22-6-7-23-15(12-22)9-14(21-23)10-20-17-11-18-4-5-19-17/h4-5,9,11,16H,1-3,6-8,10,12-13H2,(H,19,20)/t16-/m1/s1. The fourth-order valence-corrected chi connectivity index (χ4v) is 3.43. The molecule has 0 spiro atoms. The number of ether oxygens (including phenoxy) is 1. The monoisotopic (exact) mass is 328 g/mol. The van der Waals surface area contributed by atoms with Crippen LogP contribution in [0.3, 0.4) is 0 Å². The van der Waals surface area contributed by atoms with Crippen molar-refractivity contribution < 1.29 is 4.74 Å². The van der Waals surface area contributed by atoms with E-state index >= 15 is 0 Å². The average Bonchev–Trinajstić information content (AvgIpc) is 3.04. The zero-order valence-corrected chi connectivity index (χ0v) is 13.9. The Kier molecular flexibility index (Phi) is 4.71. The van der Waals surface area contributed by atoms with Crippen LogP contribution in [0.4, 0.5) is 5.82 Å². The summed E-state index contributed by atoms with van der Waals surface area (Å²) >= 11 is 0. The lowest BCUT2D eigenvalue weighted by atomic mass is 10.1. The molecule has 0 aromatic carbocycles. The highest BCUT2D eigenvalue weighted by molar-refractivity contribution is 5.31. The van der Waals surface area contributed by atoms with Gasteiger partial charge in [0.15, 0.2) is 0 Å². The molecule has 0 saturated carbocycles. The summed E-state index contributed by atoms with van der Waals surface area (Å²) in [4.78, 5) is 10.8. The van der Waals surface area contributed by atoms with Gasteiger partial charge >= 0.3 is 0 Å². The summed E-state index contributed by atoms with van der Waals surface area (Å²) in [5.74, 6) is 0.777. The number of anilines is 1. The van der Waals surface area contributed by atoms with Crippen LogP contribution in [0.15, 0.2) is 24.7 Å². The van der Waals surface area contributed by atoms with E-state index in [1.54, 1.807) is 18.6 Å². The molecule has 2 aromatic rings. The number of fused-ring (bicyclic) bond motifs is 1. The van der Waals surface area contributed by atoms with E-state index < -0.39 is 0 Å². The Morgan fingerprint density at radius 3 is 3.08 bits per heavy atom. The second-order valence-corrected chi connectivity index (χ2v) is 6.52. The molecule has 24 heavy (non-hydrogen) atoms. The first-order valence-corrected chi connectivity index (χ1v) is 8.76. The largest absolute Gasteiger partial charge is 0.377 e. The third kappa shape index (κ3) is 3.73. The smallest absolute Gasteiger partial charge is 0.144 e. The molecule has 4 heterocycles. The summed E-state index contributed by atoms with van der Waals surface area (Å²) in [5.41, 5.74) is 2.33. The van der Waals surface area contributed by atoms with Crippen LogP contribution >= 0.6 is 0 Å². The minimum Gasteiger partial charge on any atom is -0.377 e. The molecule has 0 radical (unpaired) electrons. The summed E-state index contributed by atoms with van der Waals surface area (Å²) in [6, 6.07) is 2.19. The van der Waals surface area contributed by atoms with Gasteiger partial charge < -0.3 is 10.1 Å². The number of hydrogen-bond acceptors (Lipinski definition) is 6. The summed E-state index contributed by atoms with van der Waals surface area (Å²) in [7, 11) is 0. The Balaban J connectivity index is 1.33. The molecule has 0 amide bonds. The molecule has 7 heteroatoms. The SMILES string of the molecule is c1cnc(NCc2cc3n(n2)CCN(C[C@H]2CCCCO2)C3)cn1. The number of rotatable bonds is 5. The van der Waals surface area contributed by atoms with E-state index in [1.807, 2.05) is 0 Å². The lowest BCUT2D eigenvalue weighted by Crippen LogP contribution is -2.40. The van der Waals surface area contributed by atoms with Crippen LogP contribution in [-0.2, 0) is 24.4 Å². The minimum atomic E-state index is 0.408. The molecule has 1 saturated heterocycles. The van der Waals surface area contributed by atoms with E-state index in [2.05, 4.69) is 30.9 Å². The van der Waals surface area contributed by atoms with E-state index in [4.69, 9.17) is 9.84 Å². The van der Waals surface area contributed by atoms with Crippen molar-refractivity contribution in [1.29, 1.82) is 0 Å². The Labute approximate surface area is 142 Å². The molecule has 128 valence electrons. The fraction of sp³-hybridized carbons (Fsp3) is 0.588. The van der Waals surface area contributed by atoms with Crippen molar-refractivity contribution in [3.05, 3.63) is 36.0 Å². The van der Waals surface area contributed by atoms with E-state index in [9.17, 15) is 0 Å². The average molecular weight is 328 g/mol. The highest BCUT2D eigenvalue weighted by Gasteiger charge is 2.22. The third-order valence-corrected chi connectivity index (χ3v) is 4.68. The van der Waals surface area contributed by atoms with Gasteiger partial charge in [-0.15, -0.1) is 0 Å². The van der Waals surface area contributed by atoms with Gasteiger partial charge in [-0.05, 0) is 25.3 Å². The Morgan fingerprint density at radius 1 is 1.25 bits per heavy atom. The van der Waals surface area contributed by atoms with E-state index in [0.717, 1.165) is 44.3 Å². The molecule has 2 aliphatic heterocycles. The minimum absolute atomic E-state index is 0.408. The quantitative estimate of drug-likeness (QED) is 0.900. The summed E-state index contributed by atoms with van der Waals surface area (Å²) < 4.78 is 8.01. The first-order valence-electron chi connectivity index (χ1n) is 8.76. The maximum Gasteiger partial charge on any atom is 0.144 e. The van der Waals surface area contributed by atoms with Gasteiger partial charge in [-0.2, -0.15) is 5.10 Å². The van der Waals surface area contributed by atoms with E-state index in [0.29, 0.717) is 12.6 Å². The van der Waals surface area contributed by atoms with E-state index in [1.165, 1.54) is 25.0 Å². The predicted octanol–water partition coefficient (Wildman–Crippen LogP) is 1.67. The molecule has 7 nitrogen and oxygen atoms in total. The van der Waals surface area contributed by atoms with Crippen LogP contribution in [0.5, 0.6) is 0 Å². The molecule has 2 aliphatic rings. The Hall–Kier alpha value is -1.99. The molecule has 4 rings (SSSR count). The van der Waals surface area contributed by atoms with Gasteiger partial charge in [0, 0.05) is 38.6 Å². The van der Waals surface area contributed by atoms with Crippen molar-refractivity contribution in [2.45, 2.75) is 45.0 Å². The van der Waals surface area contributed by atoms with Crippen molar-refractivity contribution in [3.8, 4) is 0 Å². The summed E-state index contributed by atoms with van der Waals surface area (Å²) in [5, 5.41) is 7.96. The van der Waals surface area contributed by atoms with Crippen LogP contribution in [-0.4, -0.2) is 50.4 Å². The second kappa shape index (κ2) is 7.27. The van der Waals surface area contributed by atoms with Crippen molar-refractivity contribution in [3.63, 3.8) is 0 Å². The maximum absolute atomic E-state index is 5.87. The van der Waals surface area contributed by atoms with Crippen molar-refractivity contribution in [2.75, 3.05) is 25.0 Å². The lowest BCUT2D eigenvalue weighted by molar-refractivity contribution is -0.0105. The Morgan fingerprint density at radius 2 is 2.25 bits per heavy atom. The van der Waals surface area contributed by atoms with Crippen LogP contribution in [0.2, 0.25) is 0 Å². The molecule has 1 fully saturated rings. The van der Waals surface area contributed by atoms with Gasteiger partial charge in [-0.1, -0.05) is 0 Å². The number of nitrogens with zero attached hydrogens (tertiary/aromatic N) is 5. The van der Waals surface area contributed by atoms with Gasteiger partial charge in [0.1, 0.15) is 5.82 Å². The van der Waals surface area contributed by atoms with Gasteiger partial charge in [-0.3, -0.25) is 14.6 Å². The molecule has 0 unspecified atom stereocenters. The van der Waals surface area contributed by atoms with Gasteiger partial charge in [-0.25, -0.2) is 4.98 Å². The first-order chi connectivity index (χ1) is 11.9. The zero-order chi connectivity index (χ0) is 16.2. The van der Waals surface area contributed by atoms with Crippen molar-refractivity contribution in [2.24, 2.45) is 0 Å². The van der Waals surface area contributed by atoms with E-state index in [-0.39, 0.29) is 0 Å². The highest BCUT2D eigenvalue weighted by Crippen LogP contribution is 2.18. The van der Waals surface area contributed by atoms with Gasteiger partial charge in [0.2, 0.25) is 0 Å². The van der Waals surface area contributed by atoms with Crippen LogP contribution in [0.1, 0.15) is 30.7 Å². The normalized spacial score (nSPS) is 21.4. The number of hydrogen-bond donors (Lipinski definition) is 1. The van der Waals surface area contributed by atoms with Crippen LogP contribution < -0.4 is 5.32 Å². The molecule has 0 aliphatic carbocycles. The molecule has 0 bridgehead atoms. The van der Waals surface area contributed by atoms with Crippen molar-refractivity contribution in [1.82, 2.24) is 24.6 Å². The first kappa shape index (κ1) is 15.5.